The van der Waals surface area contributed by atoms with Gasteiger partial charge in [-0.25, -0.2) is 12.8 Å². The molecule has 12 heteroatoms. The number of pyridine rings is 1. The SMILES string of the molecule is COc1cc(-c2ccc(Cl)c(C)c2)c(F)cc1-n1c(=O)c(OC)cc2cc(S(=O)(=O)Nc3ccon3)ccc21. The highest BCUT2D eigenvalue weighted by Gasteiger charge is 2.22. The zero-order valence-corrected chi connectivity index (χ0v) is 22.4. The van der Waals surface area contributed by atoms with E-state index in [9.17, 15) is 13.2 Å². The quantitative estimate of drug-likeness (QED) is 0.273. The Kier molecular flexibility index (Phi) is 6.79. The Morgan fingerprint density at radius 1 is 1.00 bits per heavy atom. The third-order valence-corrected chi connectivity index (χ3v) is 7.90. The first-order valence-corrected chi connectivity index (χ1v) is 13.3. The zero-order valence-electron chi connectivity index (χ0n) is 20.9. The molecule has 2 aromatic heterocycles. The molecule has 0 spiro atoms. The van der Waals surface area contributed by atoms with Crippen LogP contribution < -0.4 is 19.8 Å². The second-order valence-corrected chi connectivity index (χ2v) is 10.6. The van der Waals surface area contributed by atoms with E-state index in [1.807, 2.05) is 6.92 Å². The van der Waals surface area contributed by atoms with Crippen molar-refractivity contribution in [1.82, 2.24) is 9.72 Å². The number of methoxy groups -OCH3 is 2. The lowest BCUT2D eigenvalue weighted by Crippen LogP contribution is -2.21. The number of hydrogen-bond acceptors (Lipinski definition) is 7. The third-order valence-electron chi connectivity index (χ3n) is 6.13. The van der Waals surface area contributed by atoms with E-state index < -0.39 is 21.4 Å². The highest BCUT2D eigenvalue weighted by Crippen LogP contribution is 2.35. The van der Waals surface area contributed by atoms with Crippen LogP contribution in [0.5, 0.6) is 11.5 Å². The lowest BCUT2D eigenvalue weighted by atomic mass is 10.0. The van der Waals surface area contributed by atoms with E-state index in [-0.39, 0.29) is 33.5 Å². The van der Waals surface area contributed by atoms with Crippen LogP contribution in [0.25, 0.3) is 27.7 Å². The topological polar surface area (TPSA) is 113 Å². The van der Waals surface area contributed by atoms with Gasteiger partial charge in [-0.3, -0.25) is 14.1 Å². The molecule has 0 bridgehead atoms. The fourth-order valence-corrected chi connectivity index (χ4v) is 5.35. The van der Waals surface area contributed by atoms with Gasteiger partial charge in [0.1, 0.15) is 17.8 Å². The maximum Gasteiger partial charge on any atom is 0.298 e. The molecule has 0 saturated heterocycles. The van der Waals surface area contributed by atoms with Crippen LogP contribution in [-0.4, -0.2) is 32.4 Å². The van der Waals surface area contributed by atoms with E-state index in [2.05, 4.69) is 14.4 Å². The highest BCUT2D eigenvalue weighted by atomic mass is 35.5. The summed E-state index contributed by atoms with van der Waals surface area (Å²) in [7, 11) is -1.33. The fourth-order valence-electron chi connectivity index (χ4n) is 4.20. The molecule has 0 amide bonds. The van der Waals surface area contributed by atoms with Gasteiger partial charge in [-0.2, -0.15) is 0 Å². The molecule has 1 N–H and O–H groups in total. The summed E-state index contributed by atoms with van der Waals surface area (Å²) in [5, 5.41) is 4.45. The second kappa shape index (κ2) is 10.1. The molecule has 0 aliphatic carbocycles. The first kappa shape index (κ1) is 26.3. The number of nitrogens with one attached hydrogen (secondary N) is 1. The smallest absolute Gasteiger partial charge is 0.298 e. The molecular formula is C27H21ClFN3O6S. The van der Waals surface area contributed by atoms with Crippen molar-refractivity contribution in [2.75, 3.05) is 18.9 Å². The van der Waals surface area contributed by atoms with Gasteiger partial charge in [0.05, 0.1) is 30.3 Å². The van der Waals surface area contributed by atoms with E-state index in [0.29, 0.717) is 21.5 Å². The molecule has 5 rings (SSSR count). The van der Waals surface area contributed by atoms with Gasteiger partial charge in [0.2, 0.25) is 0 Å². The molecule has 0 saturated carbocycles. The predicted molar refractivity (Wildman–Crippen MR) is 145 cm³/mol. The molecule has 39 heavy (non-hydrogen) atoms. The molecule has 5 aromatic rings. The van der Waals surface area contributed by atoms with Gasteiger partial charge in [0.15, 0.2) is 11.6 Å². The molecular weight excluding hydrogens is 549 g/mol. The van der Waals surface area contributed by atoms with Gasteiger partial charge in [0, 0.05) is 28.1 Å². The van der Waals surface area contributed by atoms with Crippen LogP contribution in [0.2, 0.25) is 5.02 Å². The number of nitrogens with zero attached hydrogens (tertiary/aromatic N) is 2. The van der Waals surface area contributed by atoms with Crippen molar-refractivity contribution in [2.45, 2.75) is 11.8 Å². The molecule has 0 aliphatic rings. The third kappa shape index (κ3) is 4.82. The van der Waals surface area contributed by atoms with Crippen molar-refractivity contribution in [3.63, 3.8) is 0 Å². The minimum absolute atomic E-state index is 0.00818. The number of hydrogen-bond donors (Lipinski definition) is 1. The largest absolute Gasteiger partial charge is 0.495 e. The number of ether oxygens (including phenoxy) is 2. The van der Waals surface area contributed by atoms with Crippen molar-refractivity contribution in [1.29, 1.82) is 0 Å². The van der Waals surface area contributed by atoms with Crippen LogP contribution in [-0.2, 0) is 10.0 Å². The summed E-state index contributed by atoms with van der Waals surface area (Å²) in [6.07, 6.45) is 1.23. The van der Waals surface area contributed by atoms with Crippen molar-refractivity contribution in [3.05, 3.63) is 93.7 Å². The number of rotatable bonds is 7. The Morgan fingerprint density at radius 3 is 2.44 bits per heavy atom. The molecule has 9 nitrogen and oxygen atoms in total. The molecule has 0 aliphatic heterocycles. The summed E-state index contributed by atoms with van der Waals surface area (Å²) in [6.45, 7) is 1.81. The normalized spacial score (nSPS) is 11.5. The van der Waals surface area contributed by atoms with Crippen molar-refractivity contribution in [2.24, 2.45) is 0 Å². The van der Waals surface area contributed by atoms with Gasteiger partial charge in [-0.05, 0) is 60.5 Å². The maximum absolute atomic E-state index is 15.5. The standard InChI is InChI=1S/C27H21ClFN3O6S/c1-15-10-16(4-6-20(15)28)19-13-24(36-2)23(14-21(19)29)32-22-7-5-18(11-17(22)12-25(37-3)27(32)33)39(34,35)31-26-8-9-38-30-26/h4-14H,1-3H3,(H,30,31). The predicted octanol–water partition coefficient (Wildman–Crippen LogP) is 5.56. The van der Waals surface area contributed by atoms with E-state index in [4.69, 9.17) is 21.1 Å². The average molecular weight is 570 g/mol. The first-order valence-electron chi connectivity index (χ1n) is 11.4. The van der Waals surface area contributed by atoms with Gasteiger partial charge in [0.25, 0.3) is 15.6 Å². The summed E-state index contributed by atoms with van der Waals surface area (Å²) in [6, 6.07) is 14.7. The Hall–Kier alpha value is -4.35. The number of fused-ring (bicyclic) bond motifs is 1. The van der Waals surface area contributed by atoms with Crippen LogP contribution in [0.15, 0.2) is 81.1 Å². The van der Waals surface area contributed by atoms with Gasteiger partial charge in [-0.15, -0.1) is 0 Å². The molecule has 0 atom stereocenters. The number of anilines is 1. The van der Waals surface area contributed by atoms with Crippen LogP contribution >= 0.6 is 11.6 Å². The molecule has 2 heterocycles. The summed E-state index contributed by atoms with van der Waals surface area (Å²) in [5.41, 5.74) is 1.42. The van der Waals surface area contributed by atoms with Crippen molar-refractivity contribution in [3.8, 4) is 28.3 Å². The van der Waals surface area contributed by atoms with Crippen LogP contribution in [0.3, 0.4) is 0 Å². The minimum atomic E-state index is -4.04. The van der Waals surface area contributed by atoms with E-state index in [1.165, 1.54) is 67.5 Å². The minimum Gasteiger partial charge on any atom is -0.495 e. The van der Waals surface area contributed by atoms with Crippen molar-refractivity contribution < 1.29 is 26.8 Å². The van der Waals surface area contributed by atoms with Crippen LogP contribution in [0, 0.1) is 12.7 Å². The zero-order chi connectivity index (χ0) is 27.9. The summed E-state index contributed by atoms with van der Waals surface area (Å²) < 4.78 is 60.4. The second-order valence-electron chi connectivity index (χ2n) is 8.53. The molecule has 0 fully saturated rings. The van der Waals surface area contributed by atoms with Crippen molar-refractivity contribution >= 4 is 38.3 Å². The van der Waals surface area contributed by atoms with Gasteiger partial charge in [-0.1, -0.05) is 22.8 Å². The lowest BCUT2D eigenvalue weighted by molar-refractivity contribution is 0.403. The van der Waals surface area contributed by atoms with E-state index in [0.717, 1.165) is 5.56 Å². The lowest BCUT2D eigenvalue weighted by Gasteiger charge is -2.18. The van der Waals surface area contributed by atoms with Crippen LogP contribution in [0.1, 0.15) is 5.56 Å². The van der Waals surface area contributed by atoms with E-state index in [1.54, 1.807) is 18.2 Å². The van der Waals surface area contributed by atoms with Crippen LogP contribution in [0.4, 0.5) is 10.2 Å². The molecule has 3 aromatic carbocycles. The first-order chi connectivity index (χ1) is 18.6. The number of aromatic nitrogens is 2. The number of sulfonamides is 1. The van der Waals surface area contributed by atoms with Gasteiger partial charge >= 0.3 is 0 Å². The highest BCUT2D eigenvalue weighted by molar-refractivity contribution is 7.92. The Bertz CT molecular complexity index is 1890. The Labute approximate surface area is 227 Å². The summed E-state index contributed by atoms with van der Waals surface area (Å²) >= 11 is 6.13. The Morgan fingerprint density at radius 2 is 1.77 bits per heavy atom. The fraction of sp³-hybridized carbons (Fsp3) is 0.111. The number of benzene rings is 3. The maximum atomic E-state index is 15.5. The monoisotopic (exact) mass is 569 g/mol. The average Bonchev–Trinajstić information content (AvgIpc) is 3.42. The molecule has 0 radical (unpaired) electrons. The number of halogens is 2. The summed E-state index contributed by atoms with van der Waals surface area (Å²) in [5.74, 6) is -0.471. The molecule has 0 unspecified atom stereocenters. The van der Waals surface area contributed by atoms with Gasteiger partial charge < -0.3 is 14.0 Å². The number of aryl methyl sites for hydroxylation is 1. The Balaban J connectivity index is 1.70. The van der Waals surface area contributed by atoms with E-state index >= 15 is 4.39 Å². The molecule has 200 valence electrons. The summed E-state index contributed by atoms with van der Waals surface area (Å²) in [4.78, 5) is 13.3.